The molecule has 0 unspecified atom stereocenters. The quantitative estimate of drug-likeness (QED) is 0.917. The van der Waals surface area contributed by atoms with Crippen LogP contribution in [0.15, 0.2) is 29.3 Å². The summed E-state index contributed by atoms with van der Waals surface area (Å²) in [5.41, 5.74) is 1.23. The van der Waals surface area contributed by atoms with Gasteiger partial charge in [0, 0.05) is 23.1 Å². The monoisotopic (exact) mass is 316 g/mol. The molecular formula is C17H16O6. The molecular weight excluding hydrogens is 300 g/mol. The molecule has 1 aromatic carbocycles. The first-order valence-electron chi connectivity index (χ1n) is 7.30. The van der Waals surface area contributed by atoms with Gasteiger partial charge in [-0.05, 0) is 13.0 Å². The number of benzene rings is 1. The van der Waals surface area contributed by atoms with Gasteiger partial charge in [0.05, 0.1) is 31.3 Å². The molecule has 0 spiro atoms. The summed E-state index contributed by atoms with van der Waals surface area (Å²) in [6.07, 6.45) is -1.30. The number of ether oxygens (including phenoxy) is 2. The van der Waals surface area contributed by atoms with Crippen molar-refractivity contribution in [2.24, 2.45) is 0 Å². The second-order valence-corrected chi connectivity index (χ2v) is 5.64. The van der Waals surface area contributed by atoms with Crippen LogP contribution in [-0.2, 0) is 9.53 Å². The molecule has 120 valence electrons. The third kappa shape index (κ3) is 2.45. The minimum absolute atomic E-state index is 0.132. The van der Waals surface area contributed by atoms with Crippen molar-refractivity contribution in [2.75, 3.05) is 7.11 Å². The van der Waals surface area contributed by atoms with E-state index in [1.807, 2.05) is 0 Å². The highest BCUT2D eigenvalue weighted by Crippen LogP contribution is 2.39. The summed E-state index contributed by atoms with van der Waals surface area (Å²) in [5.74, 6) is -1.18. The van der Waals surface area contributed by atoms with Crippen molar-refractivity contribution in [3.63, 3.8) is 0 Å². The topological polar surface area (TPSA) is 89.9 Å². The van der Waals surface area contributed by atoms with E-state index < -0.39 is 18.2 Å². The maximum atomic E-state index is 12.8. The molecule has 0 amide bonds. The molecule has 0 saturated heterocycles. The van der Waals surface area contributed by atoms with Gasteiger partial charge in [-0.1, -0.05) is 12.1 Å². The Morgan fingerprint density at radius 3 is 2.74 bits per heavy atom. The fourth-order valence-corrected chi connectivity index (χ4v) is 3.26. The van der Waals surface area contributed by atoms with E-state index >= 15 is 0 Å². The normalized spacial score (nSPS) is 23.4. The van der Waals surface area contributed by atoms with Crippen molar-refractivity contribution < 1.29 is 29.0 Å². The SMILES string of the molecule is COc1cccc2c1C(=O)C1=C(C[C@@H](CC(=O)O)O[C@H]1C)C2=O. The molecule has 2 atom stereocenters. The summed E-state index contributed by atoms with van der Waals surface area (Å²) in [4.78, 5) is 36.5. The number of hydrogen-bond acceptors (Lipinski definition) is 5. The van der Waals surface area contributed by atoms with E-state index in [1.165, 1.54) is 7.11 Å². The van der Waals surface area contributed by atoms with Gasteiger partial charge in [-0.25, -0.2) is 0 Å². The fourth-order valence-electron chi connectivity index (χ4n) is 3.26. The lowest BCUT2D eigenvalue weighted by molar-refractivity contribution is -0.141. The molecule has 1 aliphatic heterocycles. The van der Waals surface area contributed by atoms with Crippen molar-refractivity contribution in [1.82, 2.24) is 0 Å². The average Bonchev–Trinajstić information content (AvgIpc) is 2.50. The van der Waals surface area contributed by atoms with Gasteiger partial charge in [-0.3, -0.25) is 14.4 Å². The Hall–Kier alpha value is -2.47. The van der Waals surface area contributed by atoms with Gasteiger partial charge in [0.2, 0.25) is 0 Å². The largest absolute Gasteiger partial charge is 0.496 e. The molecule has 6 nitrogen and oxygen atoms in total. The predicted molar refractivity (Wildman–Crippen MR) is 79.9 cm³/mol. The van der Waals surface area contributed by atoms with Crippen LogP contribution in [0, 0.1) is 0 Å². The van der Waals surface area contributed by atoms with Crippen molar-refractivity contribution in [1.29, 1.82) is 0 Å². The van der Waals surface area contributed by atoms with Crippen LogP contribution in [0.2, 0.25) is 0 Å². The third-order valence-corrected chi connectivity index (χ3v) is 4.20. The van der Waals surface area contributed by atoms with Gasteiger partial charge in [0.1, 0.15) is 5.75 Å². The Balaban J connectivity index is 2.08. The first kappa shape index (κ1) is 15.4. The van der Waals surface area contributed by atoms with E-state index in [9.17, 15) is 14.4 Å². The maximum Gasteiger partial charge on any atom is 0.305 e. The zero-order valence-electron chi connectivity index (χ0n) is 12.8. The summed E-state index contributed by atoms with van der Waals surface area (Å²) in [5, 5.41) is 8.93. The smallest absolute Gasteiger partial charge is 0.305 e. The number of carbonyl (C=O) groups is 3. The van der Waals surface area contributed by atoms with Crippen LogP contribution in [0.5, 0.6) is 5.75 Å². The lowest BCUT2D eigenvalue weighted by atomic mass is 9.78. The average molecular weight is 316 g/mol. The van der Waals surface area contributed by atoms with Crippen LogP contribution in [0.4, 0.5) is 0 Å². The Labute approximate surface area is 132 Å². The van der Waals surface area contributed by atoms with Crippen LogP contribution in [0.3, 0.4) is 0 Å². The molecule has 23 heavy (non-hydrogen) atoms. The van der Waals surface area contributed by atoms with Crippen LogP contribution in [0.25, 0.3) is 0 Å². The summed E-state index contributed by atoms with van der Waals surface area (Å²) >= 11 is 0. The van der Waals surface area contributed by atoms with Crippen molar-refractivity contribution in [3.8, 4) is 5.75 Å². The molecule has 0 saturated carbocycles. The lowest BCUT2D eigenvalue weighted by Crippen LogP contribution is -2.38. The van der Waals surface area contributed by atoms with E-state index in [0.717, 1.165) is 0 Å². The molecule has 1 heterocycles. The number of ketones is 2. The van der Waals surface area contributed by atoms with E-state index in [-0.39, 0.29) is 30.0 Å². The van der Waals surface area contributed by atoms with Gasteiger partial charge in [-0.2, -0.15) is 0 Å². The summed E-state index contributed by atoms with van der Waals surface area (Å²) in [6, 6.07) is 4.89. The summed E-state index contributed by atoms with van der Waals surface area (Å²) < 4.78 is 10.8. The lowest BCUT2D eigenvalue weighted by Gasteiger charge is -2.33. The highest BCUT2D eigenvalue weighted by molar-refractivity contribution is 6.28. The zero-order chi connectivity index (χ0) is 16.7. The molecule has 0 aromatic heterocycles. The van der Waals surface area contributed by atoms with Crippen LogP contribution < -0.4 is 4.74 Å². The molecule has 1 aromatic rings. The Kier molecular flexibility index (Phi) is 3.77. The Morgan fingerprint density at radius 1 is 1.35 bits per heavy atom. The molecule has 6 heteroatoms. The number of methoxy groups -OCH3 is 1. The number of rotatable bonds is 3. The second kappa shape index (κ2) is 5.62. The van der Waals surface area contributed by atoms with Gasteiger partial charge < -0.3 is 14.6 Å². The van der Waals surface area contributed by atoms with E-state index in [1.54, 1.807) is 25.1 Å². The van der Waals surface area contributed by atoms with Gasteiger partial charge in [0.15, 0.2) is 11.6 Å². The van der Waals surface area contributed by atoms with Gasteiger partial charge >= 0.3 is 5.97 Å². The molecule has 0 bridgehead atoms. The second-order valence-electron chi connectivity index (χ2n) is 5.64. The number of fused-ring (bicyclic) bond motifs is 1. The summed E-state index contributed by atoms with van der Waals surface area (Å²) in [7, 11) is 1.45. The first-order chi connectivity index (χ1) is 10.9. The highest BCUT2D eigenvalue weighted by Gasteiger charge is 2.41. The molecule has 1 N–H and O–H groups in total. The van der Waals surface area contributed by atoms with Crippen LogP contribution >= 0.6 is 0 Å². The third-order valence-electron chi connectivity index (χ3n) is 4.20. The maximum absolute atomic E-state index is 12.8. The van der Waals surface area contributed by atoms with Crippen molar-refractivity contribution in [3.05, 3.63) is 40.5 Å². The zero-order valence-corrected chi connectivity index (χ0v) is 12.8. The summed E-state index contributed by atoms with van der Waals surface area (Å²) in [6.45, 7) is 1.66. The first-order valence-corrected chi connectivity index (χ1v) is 7.30. The molecule has 0 radical (unpaired) electrons. The standard InChI is InChI=1S/C17H16O6/c1-8-14-11(6-9(23-8)7-13(18)19)16(20)10-4-3-5-12(22-2)15(10)17(14)21/h3-5,8-9H,6-7H2,1-2H3,(H,18,19)/t8-,9-/m0/s1. The number of Topliss-reactive ketones (excluding diaryl/α,β-unsaturated/α-hetero) is 2. The van der Waals surface area contributed by atoms with Crippen LogP contribution in [-0.4, -0.2) is 42.0 Å². The fraction of sp³-hybridized carbons (Fsp3) is 0.353. The van der Waals surface area contributed by atoms with Gasteiger partial charge in [-0.15, -0.1) is 0 Å². The molecule has 2 aliphatic rings. The Bertz CT molecular complexity index is 745. The van der Waals surface area contributed by atoms with Crippen molar-refractivity contribution in [2.45, 2.75) is 32.0 Å². The highest BCUT2D eigenvalue weighted by atomic mass is 16.5. The van der Waals surface area contributed by atoms with E-state index in [2.05, 4.69) is 0 Å². The number of carbonyl (C=O) groups excluding carboxylic acids is 2. The van der Waals surface area contributed by atoms with Crippen molar-refractivity contribution >= 4 is 17.5 Å². The number of carboxylic acid groups (broad SMARTS) is 1. The minimum atomic E-state index is -0.997. The molecule has 3 rings (SSSR count). The molecule has 0 fully saturated rings. The van der Waals surface area contributed by atoms with Gasteiger partial charge in [0.25, 0.3) is 0 Å². The predicted octanol–water partition coefficient (Wildman–Crippen LogP) is 2.02. The van der Waals surface area contributed by atoms with E-state index in [4.69, 9.17) is 14.6 Å². The number of aliphatic carboxylic acids is 1. The van der Waals surface area contributed by atoms with E-state index in [0.29, 0.717) is 22.5 Å². The molecule has 1 aliphatic carbocycles. The minimum Gasteiger partial charge on any atom is -0.496 e. The number of carboxylic acids is 1. The Morgan fingerprint density at radius 2 is 2.09 bits per heavy atom. The number of hydrogen-bond donors (Lipinski definition) is 1. The van der Waals surface area contributed by atoms with Crippen LogP contribution in [0.1, 0.15) is 40.5 Å².